The van der Waals surface area contributed by atoms with Gasteiger partial charge < -0.3 is 0 Å². The molecule has 0 aliphatic heterocycles. The SMILES string of the molecule is Cc1c(/C=C/C(=O)c2cccs2)c(=O)n(-c2ccccc2)n1C. The highest BCUT2D eigenvalue weighted by Crippen LogP contribution is 2.13. The Bertz CT molecular complexity index is 916. The molecule has 0 aliphatic rings. The van der Waals surface area contributed by atoms with Gasteiger partial charge in [-0.15, -0.1) is 11.3 Å². The minimum atomic E-state index is -0.133. The standard InChI is InChI=1S/C18H16N2O2S/c1-13-15(10-11-16(21)17-9-6-12-23-17)18(22)20(19(13)2)14-7-4-3-5-8-14/h3-12H,1-2H3/b11-10+. The van der Waals surface area contributed by atoms with Crippen LogP contribution in [0.4, 0.5) is 0 Å². The summed E-state index contributed by atoms with van der Waals surface area (Å²) in [5.41, 5.74) is 2.01. The molecular formula is C18H16N2O2S. The molecule has 0 saturated carbocycles. The molecular weight excluding hydrogens is 308 g/mol. The molecule has 3 aromatic rings. The fraction of sp³-hybridized carbons (Fsp3) is 0.111. The Kier molecular flexibility index (Phi) is 4.12. The molecule has 0 fully saturated rings. The molecule has 4 nitrogen and oxygen atoms in total. The Morgan fingerprint density at radius 3 is 2.52 bits per heavy atom. The van der Waals surface area contributed by atoms with Gasteiger partial charge in [-0.2, -0.15) is 0 Å². The highest BCUT2D eigenvalue weighted by Gasteiger charge is 2.14. The van der Waals surface area contributed by atoms with E-state index in [0.717, 1.165) is 11.4 Å². The van der Waals surface area contributed by atoms with Crippen LogP contribution in [0.25, 0.3) is 11.8 Å². The quantitative estimate of drug-likeness (QED) is 0.545. The van der Waals surface area contributed by atoms with Gasteiger partial charge in [-0.05, 0) is 42.7 Å². The van der Waals surface area contributed by atoms with Crippen LogP contribution in [-0.2, 0) is 7.05 Å². The van der Waals surface area contributed by atoms with Crippen molar-refractivity contribution in [2.45, 2.75) is 6.92 Å². The first kappa shape index (κ1) is 15.2. The molecule has 0 spiro atoms. The Morgan fingerprint density at radius 2 is 1.87 bits per heavy atom. The lowest BCUT2D eigenvalue weighted by Gasteiger charge is -2.07. The van der Waals surface area contributed by atoms with Gasteiger partial charge in [-0.25, -0.2) is 4.68 Å². The fourth-order valence-corrected chi connectivity index (χ4v) is 3.09. The molecule has 0 N–H and O–H groups in total. The predicted molar refractivity (Wildman–Crippen MR) is 93.4 cm³/mol. The number of ketones is 1. The Hall–Kier alpha value is -2.66. The summed E-state index contributed by atoms with van der Waals surface area (Å²) in [4.78, 5) is 25.4. The highest BCUT2D eigenvalue weighted by atomic mass is 32.1. The van der Waals surface area contributed by atoms with E-state index in [-0.39, 0.29) is 11.3 Å². The third-order valence-electron chi connectivity index (χ3n) is 3.76. The van der Waals surface area contributed by atoms with E-state index in [0.29, 0.717) is 10.4 Å². The number of hydrogen-bond donors (Lipinski definition) is 0. The maximum absolute atomic E-state index is 12.7. The highest BCUT2D eigenvalue weighted by molar-refractivity contribution is 7.12. The van der Waals surface area contributed by atoms with E-state index in [9.17, 15) is 9.59 Å². The molecule has 5 heteroatoms. The van der Waals surface area contributed by atoms with Crippen molar-refractivity contribution in [1.82, 2.24) is 9.36 Å². The number of para-hydroxylation sites is 1. The molecule has 23 heavy (non-hydrogen) atoms. The number of rotatable bonds is 4. The third-order valence-corrected chi connectivity index (χ3v) is 4.65. The maximum atomic E-state index is 12.7. The molecule has 2 heterocycles. The van der Waals surface area contributed by atoms with E-state index in [1.807, 2.05) is 55.7 Å². The number of aromatic nitrogens is 2. The van der Waals surface area contributed by atoms with Crippen molar-refractivity contribution in [2.75, 3.05) is 0 Å². The minimum absolute atomic E-state index is 0.0890. The monoisotopic (exact) mass is 324 g/mol. The summed E-state index contributed by atoms with van der Waals surface area (Å²) in [6.45, 7) is 1.87. The Balaban J connectivity index is 2.02. The second-order valence-electron chi connectivity index (χ2n) is 5.15. The summed E-state index contributed by atoms with van der Waals surface area (Å²) in [6, 6.07) is 13.1. The van der Waals surface area contributed by atoms with E-state index in [4.69, 9.17) is 0 Å². The van der Waals surface area contributed by atoms with Crippen molar-refractivity contribution < 1.29 is 4.79 Å². The van der Waals surface area contributed by atoms with Crippen LogP contribution in [0.2, 0.25) is 0 Å². The van der Waals surface area contributed by atoms with Gasteiger partial charge in [0.25, 0.3) is 5.56 Å². The van der Waals surface area contributed by atoms with Crippen molar-refractivity contribution in [3.63, 3.8) is 0 Å². The lowest BCUT2D eigenvalue weighted by molar-refractivity contribution is 0.105. The summed E-state index contributed by atoms with van der Waals surface area (Å²) in [7, 11) is 1.84. The van der Waals surface area contributed by atoms with Gasteiger partial charge in [-0.3, -0.25) is 14.3 Å². The van der Waals surface area contributed by atoms with Crippen molar-refractivity contribution in [1.29, 1.82) is 0 Å². The van der Waals surface area contributed by atoms with Gasteiger partial charge in [0, 0.05) is 12.7 Å². The van der Waals surface area contributed by atoms with Crippen LogP contribution < -0.4 is 5.56 Å². The number of thiophene rings is 1. The van der Waals surface area contributed by atoms with Crippen molar-refractivity contribution in [2.24, 2.45) is 7.05 Å². The average Bonchev–Trinajstić information content (AvgIpc) is 3.16. The summed E-state index contributed by atoms with van der Waals surface area (Å²) in [5, 5.41) is 1.86. The molecule has 0 bridgehead atoms. The van der Waals surface area contributed by atoms with Crippen LogP contribution in [0, 0.1) is 6.92 Å². The summed E-state index contributed by atoms with van der Waals surface area (Å²) >= 11 is 1.39. The van der Waals surface area contributed by atoms with Gasteiger partial charge in [0.15, 0.2) is 5.78 Å². The van der Waals surface area contributed by atoms with E-state index >= 15 is 0 Å². The second-order valence-corrected chi connectivity index (χ2v) is 6.10. The number of carbonyl (C=O) groups excluding carboxylic acids is 1. The Labute approximate surface area is 137 Å². The van der Waals surface area contributed by atoms with Gasteiger partial charge in [0.1, 0.15) is 0 Å². The number of nitrogens with zero attached hydrogens (tertiary/aromatic N) is 2. The average molecular weight is 324 g/mol. The van der Waals surface area contributed by atoms with E-state index in [1.165, 1.54) is 17.4 Å². The molecule has 1 aromatic carbocycles. The molecule has 2 aromatic heterocycles. The van der Waals surface area contributed by atoms with Crippen LogP contribution in [0.5, 0.6) is 0 Å². The summed E-state index contributed by atoms with van der Waals surface area (Å²) in [5.74, 6) is -0.0890. The fourth-order valence-electron chi connectivity index (χ4n) is 2.44. The van der Waals surface area contributed by atoms with Crippen molar-refractivity contribution in [3.05, 3.63) is 80.4 Å². The van der Waals surface area contributed by atoms with E-state index in [2.05, 4.69) is 0 Å². The molecule has 0 radical (unpaired) electrons. The van der Waals surface area contributed by atoms with E-state index in [1.54, 1.807) is 21.5 Å². The third kappa shape index (κ3) is 2.83. The summed E-state index contributed by atoms with van der Waals surface area (Å²) < 4.78 is 3.40. The number of carbonyl (C=O) groups is 1. The van der Waals surface area contributed by atoms with Crippen LogP contribution in [0.15, 0.2) is 58.7 Å². The largest absolute Gasteiger partial charge is 0.288 e. The number of benzene rings is 1. The van der Waals surface area contributed by atoms with Crippen LogP contribution in [0.1, 0.15) is 20.9 Å². The molecule has 116 valence electrons. The lowest BCUT2D eigenvalue weighted by Crippen LogP contribution is -2.20. The summed E-state index contributed by atoms with van der Waals surface area (Å²) in [6.07, 6.45) is 3.07. The zero-order valence-corrected chi connectivity index (χ0v) is 13.7. The van der Waals surface area contributed by atoms with Crippen LogP contribution >= 0.6 is 11.3 Å². The molecule has 0 aliphatic carbocycles. The van der Waals surface area contributed by atoms with Crippen LogP contribution in [-0.4, -0.2) is 15.1 Å². The first-order valence-corrected chi connectivity index (χ1v) is 8.07. The Morgan fingerprint density at radius 1 is 1.13 bits per heavy atom. The zero-order chi connectivity index (χ0) is 16.4. The first-order valence-electron chi connectivity index (χ1n) is 7.19. The molecule has 0 amide bonds. The zero-order valence-electron chi connectivity index (χ0n) is 12.9. The molecule has 0 saturated heterocycles. The van der Waals surface area contributed by atoms with Gasteiger partial charge in [-0.1, -0.05) is 24.3 Å². The second kappa shape index (κ2) is 6.22. The number of allylic oxidation sites excluding steroid dienone is 1. The topological polar surface area (TPSA) is 44.0 Å². The van der Waals surface area contributed by atoms with Gasteiger partial charge in [0.2, 0.25) is 0 Å². The van der Waals surface area contributed by atoms with Gasteiger partial charge in [0.05, 0.1) is 16.1 Å². The molecule has 0 unspecified atom stereocenters. The maximum Gasteiger partial charge on any atom is 0.278 e. The predicted octanol–water partition coefficient (Wildman–Crippen LogP) is 3.44. The number of hydrogen-bond acceptors (Lipinski definition) is 3. The van der Waals surface area contributed by atoms with Gasteiger partial charge >= 0.3 is 0 Å². The van der Waals surface area contributed by atoms with Crippen molar-refractivity contribution >= 4 is 23.2 Å². The van der Waals surface area contributed by atoms with E-state index < -0.39 is 0 Å². The molecule has 3 rings (SSSR count). The first-order chi connectivity index (χ1) is 11.1. The normalized spacial score (nSPS) is 11.2. The molecule has 0 atom stereocenters. The minimum Gasteiger partial charge on any atom is -0.288 e. The lowest BCUT2D eigenvalue weighted by atomic mass is 10.2. The smallest absolute Gasteiger partial charge is 0.278 e. The van der Waals surface area contributed by atoms with Crippen LogP contribution in [0.3, 0.4) is 0 Å². The van der Waals surface area contributed by atoms with Crippen molar-refractivity contribution in [3.8, 4) is 5.69 Å².